The summed E-state index contributed by atoms with van der Waals surface area (Å²) >= 11 is 0. The van der Waals surface area contributed by atoms with Gasteiger partial charge >= 0.3 is 0 Å². The molecule has 6 heteroatoms. The minimum absolute atomic E-state index is 0.545. The summed E-state index contributed by atoms with van der Waals surface area (Å²) in [5.74, 6) is 1.72. The zero-order valence-corrected chi connectivity index (χ0v) is 31.0. The SMILES string of the molecule is c1ccc(-c2ccc(-c3nc(-c4ccc(-n5c6ccccc6c6c7ccccc7ccc65)c5ccccc45)nc(-c4ccnc5oc6ccccc6c45)n3)cc2)cc1. The third-order valence-corrected chi connectivity index (χ3v) is 11.4. The zero-order chi connectivity index (χ0) is 38.2. The Morgan fingerprint density at radius 3 is 1.86 bits per heavy atom. The lowest BCUT2D eigenvalue weighted by molar-refractivity contribution is 0.654. The Morgan fingerprint density at radius 1 is 0.379 bits per heavy atom. The van der Waals surface area contributed by atoms with Crippen molar-refractivity contribution < 1.29 is 4.42 Å². The molecule has 0 N–H and O–H groups in total. The van der Waals surface area contributed by atoms with E-state index in [1.807, 2.05) is 30.3 Å². The van der Waals surface area contributed by atoms with Crippen molar-refractivity contribution >= 4 is 65.4 Å². The number of benzene rings is 8. The second-order valence-electron chi connectivity index (χ2n) is 14.6. The Hall–Kier alpha value is -7.96. The van der Waals surface area contributed by atoms with Crippen LogP contribution in [-0.2, 0) is 0 Å². The molecule has 270 valence electrons. The van der Waals surface area contributed by atoms with Crippen LogP contribution >= 0.6 is 0 Å². The lowest BCUT2D eigenvalue weighted by Gasteiger charge is -2.15. The van der Waals surface area contributed by atoms with Gasteiger partial charge in [-0.1, -0.05) is 146 Å². The molecule has 0 aliphatic rings. The van der Waals surface area contributed by atoms with Gasteiger partial charge in [-0.2, -0.15) is 0 Å². The highest BCUT2D eigenvalue weighted by Crippen LogP contribution is 2.41. The number of para-hydroxylation sites is 2. The summed E-state index contributed by atoms with van der Waals surface area (Å²) < 4.78 is 8.61. The Kier molecular flexibility index (Phi) is 7.13. The topological polar surface area (TPSA) is 69.6 Å². The van der Waals surface area contributed by atoms with E-state index in [-0.39, 0.29) is 0 Å². The first-order valence-corrected chi connectivity index (χ1v) is 19.4. The van der Waals surface area contributed by atoms with Crippen LogP contribution < -0.4 is 0 Å². The molecule has 0 saturated carbocycles. The summed E-state index contributed by atoms with van der Waals surface area (Å²) in [4.78, 5) is 20.3. The van der Waals surface area contributed by atoms with Crippen LogP contribution in [0.4, 0.5) is 0 Å². The number of hydrogen-bond acceptors (Lipinski definition) is 5. The van der Waals surface area contributed by atoms with Crippen molar-refractivity contribution in [2.24, 2.45) is 0 Å². The second kappa shape index (κ2) is 12.8. The predicted molar refractivity (Wildman–Crippen MR) is 236 cm³/mol. The number of hydrogen-bond donors (Lipinski definition) is 0. The van der Waals surface area contributed by atoms with Gasteiger partial charge in [-0.25, -0.2) is 19.9 Å². The summed E-state index contributed by atoms with van der Waals surface area (Å²) in [6.07, 6.45) is 1.76. The van der Waals surface area contributed by atoms with Crippen molar-refractivity contribution in [2.75, 3.05) is 0 Å². The number of furan rings is 1. The fraction of sp³-hybridized carbons (Fsp3) is 0. The van der Waals surface area contributed by atoms with Gasteiger partial charge in [0, 0.05) is 44.4 Å². The summed E-state index contributed by atoms with van der Waals surface area (Å²) in [6.45, 7) is 0. The standard InChI is InChI=1S/C52H31N5O/c1-2-12-32(13-3-1)33-22-24-35(25-23-33)49-54-50(56-51(55-49)42-30-31-53-52-48(42)41-19-9-11-21-46(41)58-52)39-27-29-44(38-17-7-6-16-37(38)39)57-43-20-10-8-18-40(43)47-36-15-5-4-14-34(36)26-28-45(47)57/h1-31H. The quantitative estimate of drug-likeness (QED) is 0.176. The second-order valence-corrected chi connectivity index (χ2v) is 14.6. The highest BCUT2D eigenvalue weighted by atomic mass is 16.3. The zero-order valence-electron chi connectivity index (χ0n) is 31.0. The molecule has 0 atom stereocenters. The first kappa shape index (κ1) is 32.3. The van der Waals surface area contributed by atoms with E-state index in [4.69, 9.17) is 19.4 Å². The molecule has 0 saturated heterocycles. The molecule has 0 aliphatic heterocycles. The van der Waals surface area contributed by atoms with Gasteiger partial charge in [0.25, 0.3) is 0 Å². The highest BCUT2D eigenvalue weighted by Gasteiger charge is 2.21. The Balaban J connectivity index is 1.10. The van der Waals surface area contributed by atoms with E-state index in [0.29, 0.717) is 23.2 Å². The molecular weight excluding hydrogens is 711 g/mol. The molecule has 0 radical (unpaired) electrons. The minimum Gasteiger partial charge on any atom is -0.438 e. The minimum atomic E-state index is 0.545. The number of fused-ring (bicyclic) bond motifs is 9. The largest absolute Gasteiger partial charge is 0.438 e. The van der Waals surface area contributed by atoms with Crippen LogP contribution in [0.5, 0.6) is 0 Å². The van der Waals surface area contributed by atoms with Crippen LogP contribution in [0.2, 0.25) is 0 Å². The van der Waals surface area contributed by atoms with Crippen LogP contribution in [0.15, 0.2) is 193 Å². The van der Waals surface area contributed by atoms with E-state index in [9.17, 15) is 0 Å². The number of aromatic nitrogens is 5. The summed E-state index contributed by atoms with van der Waals surface area (Å²) in [5, 5.41) is 8.93. The van der Waals surface area contributed by atoms with Crippen LogP contribution in [0, 0.1) is 0 Å². The van der Waals surface area contributed by atoms with Crippen molar-refractivity contribution in [3.8, 4) is 51.0 Å². The average Bonchev–Trinajstić information content (AvgIpc) is 3.85. The molecule has 0 spiro atoms. The van der Waals surface area contributed by atoms with E-state index in [1.54, 1.807) is 6.20 Å². The van der Waals surface area contributed by atoms with Gasteiger partial charge in [-0.3, -0.25) is 0 Å². The van der Waals surface area contributed by atoms with Gasteiger partial charge in [0.15, 0.2) is 17.5 Å². The van der Waals surface area contributed by atoms with Crippen LogP contribution in [-0.4, -0.2) is 24.5 Å². The third-order valence-electron chi connectivity index (χ3n) is 11.4. The van der Waals surface area contributed by atoms with Gasteiger partial charge in [-0.15, -0.1) is 0 Å². The van der Waals surface area contributed by atoms with Crippen LogP contribution in [0.25, 0.3) is 116 Å². The first-order valence-electron chi connectivity index (χ1n) is 19.4. The molecule has 0 aliphatic carbocycles. The molecule has 12 aromatic rings. The first-order chi connectivity index (χ1) is 28.8. The monoisotopic (exact) mass is 741 g/mol. The number of pyridine rings is 1. The van der Waals surface area contributed by atoms with Gasteiger partial charge in [-0.05, 0) is 63.7 Å². The average molecular weight is 742 g/mol. The molecule has 4 aromatic heterocycles. The van der Waals surface area contributed by atoms with Crippen molar-refractivity contribution in [2.45, 2.75) is 0 Å². The Labute approximate surface area is 332 Å². The summed E-state index contributed by atoms with van der Waals surface area (Å²) in [7, 11) is 0. The summed E-state index contributed by atoms with van der Waals surface area (Å²) in [6, 6.07) is 63.6. The van der Waals surface area contributed by atoms with E-state index >= 15 is 0 Å². The van der Waals surface area contributed by atoms with Gasteiger partial charge in [0.05, 0.1) is 22.1 Å². The lowest BCUT2D eigenvalue weighted by Crippen LogP contribution is -2.02. The van der Waals surface area contributed by atoms with Crippen molar-refractivity contribution in [3.63, 3.8) is 0 Å². The molecule has 12 rings (SSSR count). The highest BCUT2D eigenvalue weighted by molar-refractivity contribution is 6.22. The maximum Gasteiger partial charge on any atom is 0.228 e. The fourth-order valence-electron chi connectivity index (χ4n) is 8.69. The third kappa shape index (κ3) is 4.98. The molecule has 0 bridgehead atoms. The van der Waals surface area contributed by atoms with Crippen LogP contribution in [0.3, 0.4) is 0 Å². The maximum absolute atomic E-state index is 6.21. The van der Waals surface area contributed by atoms with E-state index in [1.165, 1.54) is 21.5 Å². The van der Waals surface area contributed by atoms with Crippen molar-refractivity contribution in [1.82, 2.24) is 24.5 Å². The van der Waals surface area contributed by atoms with Gasteiger partial charge in [0.1, 0.15) is 5.58 Å². The van der Waals surface area contributed by atoms with Gasteiger partial charge in [0.2, 0.25) is 5.71 Å². The number of rotatable bonds is 5. The molecule has 6 nitrogen and oxygen atoms in total. The molecule has 0 fully saturated rings. The molecular formula is C52H31N5O. The summed E-state index contributed by atoms with van der Waals surface area (Å²) in [5.41, 5.74) is 9.64. The normalized spacial score (nSPS) is 11.8. The van der Waals surface area contributed by atoms with Crippen molar-refractivity contribution in [1.29, 1.82) is 0 Å². The predicted octanol–water partition coefficient (Wildman–Crippen LogP) is 13.2. The van der Waals surface area contributed by atoms with E-state index < -0.39 is 0 Å². The Morgan fingerprint density at radius 2 is 1.02 bits per heavy atom. The smallest absolute Gasteiger partial charge is 0.228 e. The lowest BCUT2D eigenvalue weighted by atomic mass is 10.0. The molecule has 58 heavy (non-hydrogen) atoms. The van der Waals surface area contributed by atoms with Gasteiger partial charge < -0.3 is 8.98 Å². The maximum atomic E-state index is 6.21. The van der Waals surface area contributed by atoms with E-state index in [2.05, 4.69) is 161 Å². The molecule has 0 amide bonds. The Bertz CT molecular complexity index is 3570. The van der Waals surface area contributed by atoms with E-state index in [0.717, 1.165) is 71.7 Å². The molecule has 4 heterocycles. The molecule has 0 unspecified atom stereocenters. The van der Waals surface area contributed by atoms with Crippen molar-refractivity contribution in [3.05, 3.63) is 188 Å². The fourth-order valence-corrected chi connectivity index (χ4v) is 8.69. The van der Waals surface area contributed by atoms with Crippen LogP contribution in [0.1, 0.15) is 0 Å². The molecule has 8 aromatic carbocycles. The number of nitrogens with zero attached hydrogens (tertiary/aromatic N) is 5.